The summed E-state index contributed by atoms with van der Waals surface area (Å²) >= 11 is 0. The van der Waals surface area contributed by atoms with Gasteiger partial charge in [0.15, 0.2) is 0 Å². The van der Waals surface area contributed by atoms with E-state index >= 15 is 0 Å². The number of benzene rings is 1. The quantitative estimate of drug-likeness (QED) is 0.686. The van der Waals surface area contributed by atoms with Crippen LogP contribution in [0.5, 0.6) is 0 Å². The van der Waals surface area contributed by atoms with E-state index in [-0.39, 0.29) is 16.5 Å². The van der Waals surface area contributed by atoms with Crippen molar-refractivity contribution < 1.29 is 9.72 Å². The Labute approximate surface area is 124 Å². The molecule has 1 aliphatic heterocycles. The first-order valence-corrected chi connectivity index (χ1v) is 7.16. The number of nitrogens with zero attached hydrogens (tertiary/aromatic N) is 2. The molecule has 1 fully saturated rings. The van der Waals surface area contributed by atoms with Crippen LogP contribution in [0.2, 0.25) is 0 Å². The maximum atomic E-state index is 11.3. The van der Waals surface area contributed by atoms with E-state index in [1.54, 1.807) is 19.9 Å². The molecule has 1 N–H and O–H groups in total. The maximum absolute atomic E-state index is 11.3. The van der Waals surface area contributed by atoms with Crippen LogP contribution in [-0.2, 0) is 4.79 Å². The van der Waals surface area contributed by atoms with Crippen molar-refractivity contribution >= 4 is 17.3 Å². The van der Waals surface area contributed by atoms with Gasteiger partial charge in [0, 0.05) is 43.4 Å². The minimum atomic E-state index is -0.350. The molecule has 1 amide bonds. The SMILES string of the molecule is CC(=O)N1CCC(Nc2cc(C)c([N+](=O)[O-])cc2C)CC1. The Morgan fingerprint density at radius 1 is 1.29 bits per heavy atom. The summed E-state index contributed by atoms with van der Waals surface area (Å²) in [5.41, 5.74) is 2.64. The highest BCUT2D eigenvalue weighted by molar-refractivity contribution is 5.73. The fourth-order valence-electron chi connectivity index (χ4n) is 2.71. The molecular formula is C15H21N3O3. The minimum absolute atomic E-state index is 0.121. The number of nitrogens with one attached hydrogen (secondary N) is 1. The van der Waals surface area contributed by atoms with Gasteiger partial charge in [-0.2, -0.15) is 0 Å². The highest BCUT2D eigenvalue weighted by Gasteiger charge is 2.21. The van der Waals surface area contributed by atoms with Gasteiger partial charge < -0.3 is 10.2 Å². The predicted molar refractivity (Wildman–Crippen MR) is 81.5 cm³/mol. The number of anilines is 1. The molecule has 2 rings (SSSR count). The van der Waals surface area contributed by atoms with Gasteiger partial charge in [0.05, 0.1) is 4.92 Å². The molecule has 0 radical (unpaired) electrons. The van der Waals surface area contributed by atoms with Crippen molar-refractivity contribution in [2.45, 2.75) is 39.7 Å². The third-order valence-electron chi connectivity index (χ3n) is 4.04. The Morgan fingerprint density at radius 3 is 2.43 bits per heavy atom. The predicted octanol–water partition coefficient (Wildman–Crippen LogP) is 2.63. The van der Waals surface area contributed by atoms with E-state index in [2.05, 4.69) is 5.32 Å². The molecule has 1 aliphatic rings. The Morgan fingerprint density at radius 2 is 1.90 bits per heavy atom. The first-order chi connectivity index (χ1) is 9.88. The summed E-state index contributed by atoms with van der Waals surface area (Å²) in [7, 11) is 0. The van der Waals surface area contributed by atoms with Crippen molar-refractivity contribution in [2.75, 3.05) is 18.4 Å². The monoisotopic (exact) mass is 291 g/mol. The van der Waals surface area contributed by atoms with Crippen LogP contribution in [0.25, 0.3) is 0 Å². The van der Waals surface area contributed by atoms with E-state index in [0.29, 0.717) is 11.6 Å². The number of hydrogen-bond donors (Lipinski definition) is 1. The lowest BCUT2D eigenvalue weighted by Crippen LogP contribution is -2.41. The van der Waals surface area contributed by atoms with E-state index in [1.165, 1.54) is 0 Å². The van der Waals surface area contributed by atoms with Gasteiger partial charge >= 0.3 is 0 Å². The maximum Gasteiger partial charge on any atom is 0.272 e. The van der Waals surface area contributed by atoms with Gasteiger partial charge in [-0.1, -0.05) is 0 Å². The van der Waals surface area contributed by atoms with Gasteiger partial charge in [-0.15, -0.1) is 0 Å². The minimum Gasteiger partial charge on any atom is -0.382 e. The lowest BCUT2D eigenvalue weighted by Gasteiger charge is -2.32. The number of carbonyl (C=O) groups excluding carboxylic acids is 1. The number of piperidine rings is 1. The van der Waals surface area contributed by atoms with Crippen molar-refractivity contribution in [3.8, 4) is 0 Å². The van der Waals surface area contributed by atoms with Crippen molar-refractivity contribution in [1.82, 2.24) is 4.90 Å². The van der Waals surface area contributed by atoms with Gasteiger partial charge in [0.1, 0.15) is 0 Å². The lowest BCUT2D eigenvalue weighted by atomic mass is 10.0. The number of hydrogen-bond acceptors (Lipinski definition) is 4. The molecule has 1 aromatic carbocycles. The summed E-state index contributed by atoms with van der Waals surface area (Å²) in [6.45, 7) is 6.74. The molecular weight excluding hydrogens is 270 g/mol. The van der Waals surface area contributed by atoms with Gasteiger partial charge in [0.2, 0.25) is 5.91 Å². The number of nitro groups is 1. The van der Waals surface area contributed by atoms with Crippen LogP contribution in [0.4, 0.5) is 11.4 Å². The zero-order valence-electron chi connectivity index (χ0n) is 12.7. The number of likely N-dealkylation sites (tertiary alicyclic amines) is 1. The fourth-order valence-corrected chi connectivity index (χ4v) is 2.71. The topological polar surface area (TPSA) is 75.5 Å². The Kier molecular flexibility index (Phi) is 4.45. The molecule has 114 valence electrons. The number of nitro benzene ring substituents is 1. The molecule has 1 aromatic rings. The zero-order valence-corrected chi connectivity index (χ0v) is 12.7. The Balaban J connectivity index is 2.06. The summed E-state index contributed by atoms with van der Waals surface area (Å²) in [5, 5.41) is 14.4. The normalized spacial score (nSPS) is 15.9. The van der Waals surface area contributed by atoms with Gasteiger partial charge in [-0.3, -0.25) is 14.9 Å². The van der Waals surface area contributed by atoms with Gasteiger partial charge in [0.25, 0.3) is 5.69 Å². The summed E-state index contributed by atoms with van der Waals surface area (Å²) in [5.74, 6) is 0.121. The molecule has 0 aliphatic carbocycles. The fraction of sp³-hybridized carbons (Fsp3) is 0.533. The molecule has 6 nitrogen and oxygen atoms in total. The first kappa shape index (κ1) is 15.3. The second kappa shape index (κ2) is 6.11. The Hall–Kier alpha value is -2.11. The number of aryl methyl sites for hydroxylation is 2. The number of carbonyl (C=O) groups is 1. The standard InChI is InChI=1S/C15H21N3O3/c1-10-9-15(18(20)21)11(2)8-14(10)16-13-4-6-17(7-5-13)12(3)19/h8-9,13,16H,4-7H2,1-3H3. The van der Waals surface area contributed by atoms with E-state index in [9.17, 15) is 14.9 Å². The van der Waals surface area contributed by atoms with Gasteiger partial charge in [-0.25, -0.2) is 0 Å². The summed E-state index contributed by atoms with van der Waals surface area (Å²) < 4.78 is 0. The number of amides is 1. The molecule has 0 saturated carbocycles. The largest absolute Gasteiger partial charge is 0.382 e. The first-order valence-electron chi connectivity index (χ1n) is 7.16. The summed E-state index contributed by atoms with van der Waals surface area (Å²) in [6.07, 6.45) is 1.80. The highest BCUT2D eigenvalue weighted by Crippen LogP contribution is 2.27. The van der Waals surface area contributed by atoms with Crippen molar-refractivity contribution in [1.29, 1.82) is 0 Å². The van der Waals surface area contributed by atoms with E-state index < -0.39 is 0 Å². The van der Waals surface area contributed by atoms with E-state index in [0.717, 1.165) is 37.2 Å². The van der Waals surface area contributed by atoms with Crippen molar-refractivity contribution in [3.63, 3.8) is 0 Å². The molecule has 0 spiro atoms. The molecule has 0 atom stereocenters. The smallest absolute Gasteiger partial charge is 0.272 e. The molecule has 1 heterocycles. The van der Waals surface area contributed by atoms with Crippen LogP contribution in [0.1, 0.15) is 30.9 Å². The third-order valence-corrected chi connectivity index (χ3v) is 4.04. The molecule has 1 saturated heterocycles. The molecule has 0 bridgehead atoms. The average Bonchev–Trinajstić information content (AvgIpc) is 2.42. The highest BCUT2D eigenvalue weighted by atomic mass is 16.6. The van der Waals surface area contributed by atoms with E-state index in [1.807, 2.05) is 17.9 Å². The van der Waals surface area contributed by atoms with Crippen LogP contribution in [-0.4, -0.2) is 34.9 Å². The second-order valence-corrected chi connectivity index (χ2v) is 5.64. The summed E-state index contributed by atoms with van der Waals surface area (Å²) in [4.78, 5) is 23.7. The lowest BCUT2D eigenvalue weighted by molar-refractivity contribution is -0.385. The third kappa shape index (κ3) is 3.51. The zero-order chi connectivity index (χ0) is 15.6. The molecule has 0 aromatic heterocycles. The average molecular weight is 291 g/mol. The van der Waals surface area contributed by atoms with Crippen LogP contribution in [0.3, 0.4) is 0 Å². The van der Waals surface area contributed by atoms with Crippen LogP contribution < -0.4 is 5.32 Å². The second-order valence-electron chi connectivity index (χ2n) is 5.64. The van der Waals surface area contributed by atoms with Crippen molar-refractivity contribution in [2.24, 2.45) is 0 Å². The Bertz CT molecular complexity index is 564. The van der Waals surface area contributed by atoms with Gasteiger partial charge in [-0.05, 0) is 38.3 Å². The van der Waals surface area contributed by atoms with E-state index in [4.69, 9.17) is 0 Å². The molecule has 0 unspecified atom stereocenters. The van der Waals surface area contributed by atoms with Crippen molar-refractivity contribution in [3.05, 3.63) is 33.4 Å². The number of rotatable bonds is 3. The molecule has 21 heavy (non-hydrogen) atoms. The van der Waals surface area contributed by atoms with Crippen LogP contribution >= 0.6 is 0 Å². The van der Waals surface area contributed by atoms with Crippen LogP contribution in [0.15, 0.2) is 12.1 Å². The molecule has 6 heteroatoms. The van der Waals surface area contributed by atoms with Crippen LogP contribution in [0, 0.1) is 24.0 Å². The summed E-state index contributed by atoms with van der Waals surface area (Å²) in [6, 6.07) is 3.76.